The maximum atomic E-state index is 11.3. The number of carbonyl (C=O) groups is 1. The van der Waals surface area contributed by atoms with Crippen molar-refractivity contribution in [2.45, 2.75) is 13.0 Å². The second kappa shape index (κ2) is 6.91. The van der Waals surface area contributed by atoms with Crippen LogP contribution < -0.4 is 11.1 Å². The largest absolute Gasteiger partial charge is 0.366 e. The minimum Gasteiger partial charge on any atom is -0.366 e. The molecule has 0 fully saturated rings. The van der Waals surface area contributed by atoms with Crippen molar-refractivity contribution in [1.29, 1.82) is 0 Å². The van der Waals surface area contributed by atoms with Gasteiger partial charge in [0.05, 0.1) is 5.69 Å². The zero-order valence-corrected chi connectivity index (χ0v) is 13.3. The Hall–Kier alpha value is -3.21. The van der Waals surface area contributed by atoms with Crippen molar-refractivity contribution in [1.82, 2.24) is 10.2 Å². The molecule has 3 rings (SSSR count). The van der Waals surface area contributed by atoms with Gasteiger partial charge in [0.2, 0.25) is 5.91 Å². The van der Waals surface area contributed by atoms with Crippen molar-refractivity contribution in [2.24, 2.45) is 5.73 Å². The smallest absolute Gasteiger partial charge is 0.248 e. The van der Waals surface area contributed by atoms with Crippen molar-refractivity contribution in [3.8, 4) is 11.3 Å². The number of carbonyl (C=O) groups excluding carboxylic acids is 1. The van der Waals surface area contributed by atoms with E-state index in [4.69, 9.17) is 5.73 Å². The zero-order chi connectivity index (χ0) is 16.9. The van der Waals surface area contributed by atoms with Crippen LogP contribution in [0.2, 0.25) is 0 Å². The molecular weight excluding hydrogens is 300 g/mol. The number of rotatable bonds is 5. The third kappa shape index (κ3) is 3.57. The molecule has 0 spiro atoms. The second-order valence-electron chi connectivity index (χ2n) is 5.53. The topological polar surface area (TPSA) is 80.9 Å². The van der Waals surface area contributed by atoms with E-state index < -0.39 is 5.91 Å². The lowest BCUT2D eigenvalue weighted by atomic mass is 10.1. The van der Waals surface area contributed by atoms with Crippen LogP contribution in [0.25, 0.3) is 11.3 Å². The van der Waals surface area contributed by atoms with Crippen LogP contribution in [0.5, 0.6) is 0 Å². The summed E-state index contributed by atoms with van der Waals surface area (Å²) in [5, 5.41) is 11.8. The van der Waals surface area contributed by atoms with Crippen LogP contribution in [0.15, 0.2) is 66.7 Å². The first-order valence-corrected chi connectivity index (χ1v) is 7.69. The third-order valence-corrected chi connectivity index (χ3v) is 3.77. The Balaban J connectivity index is 1.76. The van der Waals surface area contributed by atoms with Gasteiger partial charge in [0, 0.05) is 17.2 Å². The highest BCUT2D eigenvalue weighted by Gasteiger charge is 2.08. The van der Waals surface area contributed by atoms with Gasteiger partial charge in [-0.1, -0.05) is 42.5 Å². The molecule has 1 heterocycles. The molecule has 0 aliphatic heterocycles. The van der Waals surface area contributed by atoms with E-state index in [-0.39, 0.29) is 6.04 Å². The van der Waals surface area contributed by atoms with Crippen molar-refractivity contribution >= 4 is 11.7 Å². The molecule has 1 aromatic heterocycles. The van der Waals surface area contributed by atoms with E-state index in [9.17, 15) is 4.79 Å². The summed E-state index contributed by atoms with van der Waals surface area (Å²) in [5.41, 5.74) is 8.44. The average Bonchev–Trinajstić information content (AvgIpc) is 2.63. The summed E-state index contributed by atoms with van der Waals surface area (Å²) in [6.45, 7) is 2.07. The molecule has 5 nitrogen and oxygen atoms in total. The van der Waals surface area contributed by atoms with Gasteiger partial charge in [-0.2, -0.15) is 0 Å². The van der Waals surface area contributed by atoms with Crippen molar-refractivity contribution in [3.05, 3.63) is 77.9 Å². The third-order valence-electron chi connectivity index (χ3n) is 3.77. The van der Waals surface area contributed by atoms with Crippen LogP contribution in [0.4, 0.5) is 5.82 Å². The molecule has 0 aliphatic rings. The number of nitrogens with one attached hydrogen (secondary N) is 1. The molecule has 0 saturated carbocycles. The van der Waals surface area contributed by atoms with E-state index in [1.807, 2.05) is 36.4 Å². The van der Waals surface area contributed by atoms with E-state index in [2.05, 4.69) is 34.6 Å². The van der Waals surface area contributed by atoms with Crippen LogP contribution in [0.1, 0.15) is 28.9 Å². The Morgan fingerprint density at radius 2 is 1.79 bits per heavy atom. The fourth-order valence-electron chi connectivity index (χ4n) is 2.44. The number of nitrogens with two attached hydrogens (primary N) is 1. The minimum absolute atomic E-state index is 0.129. The number of hydrogen-bond acceptors (Lipinski definition) is 4. The Morgan fingerprint density at radius 1 is 1.00 bits per heavy atom. The number of amides is 1. The second-order valence-corrected chi connectivity index (χ2v) is 5.53. The Morgan fingerprint density at radius 3 is 2.46 bits per heavy atom. The van der Waals surface area contributed by atoms with Crippen LogP contribution in [-0.4, -0.2) is 16.1 Å². The molecule has 0 unspecified atom stereocenters. The molecule has 24 heavy (non-hydrogen) atoms. The summed E-state index contributed by atoms with van der Waals surface area (Å²) in [6.07, 6.45) is 0. The van der Waals surface area contributed by atoms with Crippen molar-refractivity contribution in [3.63, 3.8) is 0 Å². The quantitative estimate of drug-likeness (QED) is 0.755. The summed E-state index contributed by atoms with van der Waals surface area (Å²) < 4.78 is 0. The summed E-state index contributed by atoms with van der Waals surface area (Å²) in [7, 11) is 0. The first kappa shape index (κ1) is 15.7. The van der Waals surface area contributed by atoms with Crippen LogP contribution in [0.3, 0.4) is 0 Å². The lowest BCUT2D eigenvalue weighted by Gasteiger charge is -2.14. The molecule has 0 radical (unpaired) electrons. The SMILES string of the molecule is C[C@H](Nc1ccc(-c2cccc(C(N)=O)c2)nn1)c1ccccc1. The molecule has 120 valence electrons. The molecule has 3 aromatic rings. The van der Waals surface area contributed by atoms with E-state index >= 15 is 0 Å². The number of anilines is 1. The minimum atomic E-state index is -0.459. The molecule has 0 bridgehead atoms. The molecule has 2 aromatic carbocycles. The summed E-state index contributed by atoms with van der Waals surface area (Å²) in [6, 6.07) is 21.0. The van der Waals surface area contributed by atoms with Gasteiger partial charge in [0.1, 0.15) is 5.82 Å². The number of nitrogens with zero attached hydrogens (tertiary/aromatic N) is 2. The first-order valence-electron chi connectivity index (χ1n) is 7.69. The highest BCUT2D eigenvalue weighted by molar-refractivity contribution is 5.93. The molecule has 1 amide bonds. The summed E-state index contributed by atoms with van der Waals surface area (Å²) >= 11 is 0. The van der Waals surface area contributed by atoms with Gasteiger partial charge in [-0.25, -0.2) is 0 Å². The van der Waals surface area contributed by atoms with Gasteiger partial charge >= 0.3 is 0 Å². The van der Waals surface area contributed by atoms with Crippen LogP contribution in [-0.2, 0) is 0 Å². The Labute approximate surface area is 140 Å². The Bertz CT molecular complexity index is 832. The highest BCUT2D eigenvalue weighted by atomic mass is 16.1. The number of hydrogen-bond donors (Lipinski definition) is 2. The predicted octanol–water partition coefficient (Wildman–Crippen LogP) is 3.42. The average molecular weight is 318 g/mol. The van der Waals surface area contributed by atoms with Gasteiger partial charge in [-0.15, -0.1) is 10.2 Å². The van der Waals surface area contributed by atoms with Gasteiger partial charge in [-0.05, 0) is 36.8 Å². The molecule has 0 saturated heterocycles. The monoisotopic (exact) mass is 318 g/mol. The lowest BCUT2D eigenvalue weighted by molar-refractivity contribution is 0.100. The van der Waals surface area contributed by atoms with Gasteiger partial charge < -0.3 is 11.1 Å². The van der Waals surface area contributed by atoms with Gasteiger partial charge in [0.25, 0.3) is 0 Å². The molecule has 1 atom stereocenters. The van der Waals surface area contributed by atoms with Crippen molar-refractivity contribution in [2.75, 3.05) is 5.32 Å². The standard InChI is InChI=1S/C19H18N4O/c1-13(14-6-3-2-4-7-14)21-18-11-10-17(22-23-18)15-8-5-9-16(12-15)19(20)24/h2-13H,1H3,(H2,20,24)(H,21,23)/t13-/m0/s1. The van der Waals surface area contributed by atoms with Gasteiger partial charge in [0.15, 0.2) is 0 Å². The lowest BCUT2D eigenvalue weighted by Crippen LogP contribution is -2.10. The number of primary amides is 1. The highest BCUT2D eigenvalue weighted by Crippen LogP contribution is 2.21. The van der Waals surface area contributed by atoms with Crippen LogP contribution >= 0.6 is 0 Å². The molecule has 0 aliphatic carbocycles. The van der Waals surface area contributed by atoms with E-state index in [0.717, 1.165) is 5.56 Å². The maximum Gasteiger partial charge on any atom is 0.248 e. The molecular formula is C19H18N4O. The van der Waals surface area contributed by atoms with Crippen molar-refractivity contribution < 1.29 is 4.79 Å². The first-order chi connectivity index (χ1) is 11.6. The molecule has 3 N–H and O–H groups in total. The maximum absolute atomic E-state index is 11.3. The predicted molar refractivity (Wildman–Crippen MR) is 94.5 cm³/mol. The fourth-order valence-corrected chi connectivity index (χ4v) is 2.44. The van der Waals surface area contributed by atoms with E-state index in [1.54, 1.807) is 18.2 Å². The number of aromatic nitrogens is 2. The van der Waals surface area contributed by atoms with E-state index in [0.29, 0.717) is 17.1 Å². The normalized spacial score (nSPS) is 11.7. The Kier molecular flexibility index (Phi) is 4.52. The molecule has 5 heteroatoms. The van der Waals surface area contributed by atoms with Gasteiger partial charge in [-0.3, -0.25) is 4.79 Å². The number of benzene rings is 2. The fraction of sp³-hybridized carbons (Fsp3) is 0.105. The van der Waals surface area contributed by atoms with E-state index in [1.165, 1.54) is 5.56 Å². The summed E-state index contributed by atoms with van der Waals surface area (Å²) in [4.78, 5) is 11.3. The zero-order valence-electron chi connectivity index (χ0n) is 13.3. The summed E-state index contributed by atoms with van der Waals surface area (Å²) in [5.74, 6) is 0.237. The van der Waals surface area contributed by atoms with Crippen LogP contribution in [0, 0.1) is 0 Å².